The van der Waals surface area contributed by atoms with E-state index in [4.69, 9.17) is 14.2 Å². The van der Waals surface area contributed by atoms with Crippen LogP contribution in [-0.4, -0.2) is 68.9 Å². The molecular weight excluding hydrogens is 436 g/mol. The zero-order valence-corrected chi connectivity index (χ0v) is 20.4. The summed E-state index contributed by atoms with van der Waals surface area (Å²) in [6.07, 6.45) is 3.45. The van der Waals surface area contributed by atoms with Crippen LogP contribution in [0.25, 0.3) is 21.9 Å². The Labute approximate surface area is 198 Å². The molecule has 180 valence electrons. The predicted molar refractivity (Wildman–Crippen MR) is 131 cm³/mol. The van der Waals surface area contributed by atoms with Gasteiger partial charge in [0.1, 0.15) is 17.3 Å². The molecule has 34 heavy (non-hydrogen) atoms. The maximum atomic E-state index is 12.8. The van der Waals surface area contributed by atoms with Gasteiger partial charge in [0, 0.05) is 64.1 Å². The monoisotopic (exact) mass is 466 g/mol. The molecule has 3 aromatic rings. The first kappa shape index (κ1) is 23.6. The third-order valence-electron chi connectivity index (χ3n) is 6.30. The summed E-state index contributed by atoms with van der Waals surface area (Å²) in [5.41, 5.74) is 2.54. The molecule has 4 rings (SSSR count). The quantitative estimate of drug-likeness (QED) is 0.491. The highest BCUT2D eigenvalue weighted by atomic mass is 16.5. The Morgan fingerprint density at radius 3 is 2.29 bits per heavy atom. The summed E-state index contributed by atoms with van der Waals surface area (Å²) in [4.78, 5) is 33.0. The molecule has 2 aromatic heterocycles. The van der Waals surface area contributed by atoms with E-state index in [9.17, 15) is 9.59 Å². The van der Waals surface area contributed by atoms with Gasteiger partial charge in [-0.1, -0.05) is 0 Å². The molecule has 3 heterocycles. The number of carbonyl (C=O) groups is 1. The van der Waals surface area contributed by atoms with Crippen LogP contribution in [0.2, 0.25) is 0 Å². The van der Waals surface area contributed by atoms with Crippen molar-refractivity contribution in [3.8, 4) is 22.6 Å². The Hall–Kier alpha value is -3.59. The lowest BCUT2D eigenvalue weighted by Gasteiger charge is -2.37. The van der Waals surface area contributed by atoms with Gasteiger partial charge in [0.05, 0.1) is 38.2 Å². The summed E-state index contributed by atoms with van der Waals surface area (Å²) in [5, 5.41) is 1.35. The number of anilines is 1. The van der Waals surface area contributed by atoms with Crippen molar-refractivity contribution in [2.24, 2.45) is 13.0 Å². The van der Waals surface area contributed by atoms with Crippen LogP contribution in [-0.2, 0) is 23.1 Å². The molecule has 9 heteroatoms. The molecule has 0 amide bonds. The van der Waals surface area contributed by atoms with Crippen LogP contribution in [0.3, 0.4) is 0 Å². The standard InChI is InChI=1S/C25H30N4O5/c1-27(2)23-9-17-18(10-26-23)24(30)28(3)13-19(17)15-7-21(32-4)20(22(8-15)33-5)14-29-11-16(12-29)25(31)34-6/h7-10,13,16H,11-12,14H2,1-6H3. The van der Waals surface area contributed by atoms with Gasteiger partial charge in [-0.2, -0.15) is 0 Å². The molecule has 0 saturated carbocycles. The van der Waals surface area contributed by atoms with E-state index in [1.165, 1.54) is 7.11 Å². The number of esters is 1. The summed E-state index contributed by atoms with van der Waals surface area (Å²) in [6, 6.07) is 5.85. The topological polar surface area (TPSA) is 86.1 Å². The Kier molecular flexibility index (Phi) is 6.47. The van der Waals surface area contributed by atoms with E-state index in [0.717, 1.165) is 27.9 Å². The molecule has 0 N–H and O–H groups in total. The van der Waals surface area contributed by atoms with Crippen LogP contribution in [0.4, 0.5) is 5.82 Å². The average molecular weight is 467 g/mol. The van der Waals surface area contributed by atoms with Crippen LogP contribution in [0, 0.1) is 5.92 Å². The number of carbonyl (C=O) groups excluding carboxylic acids is 1. The molecule has 0 aliphatic carbocycles. The van der Waals surface area contributed by atoms with E-state index in [0.29, 0.717) is 36.5 Å². The first-order valence-electron chi connectivity index (χ1n) is 11.0. The molecular formula is C25H30N4O5. The number of likely N-dealkylation sites (tertiary alicyclic amines) is 1. The van der Waals surface area contributed by atoms with Crippen molar-refractivity contribution in [2.45, 2.75) is 6.54 Å². The summed E-state index contributed by atoms with van der Waals surface area (Å²) >= 11 is 0. The van der Waals surface area contributed by atoms with Gasteiger partial charge in [0.25, 0.3) is 5.56 Å². The van der Waals surface area contributed by atoms with Gasteiger partial charge in [0.2, 0.25) is 0 Å². The normalized spacial score (nSPS) is 14.1. The number of nitrogens with zero attached hydrogens (tertiary/aromatic N) is 4. The maximum absolute atomic E-state index is 12.8. The van der Waals surface area contributed by atoms with Gasteiger partial charge in [-0.05, 0) is 23.8 Å². The van der Waals surface area contributed by atoms with Crippen LogP contribution < -0.4 is 19.9 Å². The molecule has 0 atom stereocenters. The van der Waals surface area contributed by atoms with Crippen molar-refractivity contribution < 1.29 is 19.0 Å². The summed E-state index contributed by atoms with van der Waals surface area (Å²) in [6.45, 7) is 1.85. The average Bonchev–Trinajstić information content (AvgIpc) is 2.82. The van der Waals surface area contributed by atoms with E-state index in [2.05, 4.69) is 9.88 Å². The molecule has 0 radical (unpaired) electrons. The fraction of sp³-hybridized carbons (Fsp3) is 0.400. The van der Waals surface area contributed by atoms with Gasteiger partial charge < -0.3 is 23.7 Å². The highest BCUT2D eigenvalue weighted by Gasteiger charge is 2.34. The molecule has 1 aliphatic heterocycles. The number of fused-ring (bicyclic) bond motifs is 1. The zero-order chi connectivity index (χ0) is 24.6. The largest absolute Gasteiger partial charge is 0.496 e. The number of aromatic nitrogens is 2. The highest BCUT2D eigenvalue weighted by molar-refractivity contribution is 5.97. The minimum Gasteiger partial charge on any atom is -0.496 e. The lowest BCUT2D eigenvalue weighted by Crippen LogP contribution is -2.50. The number of methoxy groups -OCH3 is 3. The SMILES string of the molecule is COC(=O)C1CN(Cc2c(OC)cc(-c3cn(C)c(=O)c4cnc(N(C)C)cc34)cc2OC)C1. The Morgan fingerprint density at radius 2 is 1.74 bits per heavy atom. The smallest absolute Gasteiger partial charge is 0.311 e. The number of hydrogen-bond acceptors (Lipinski definition) is 8. The third kappa shape index (κ3) is 4.19. The molecule has 0 bridgehead atoms. The van der Waals surface area contributed by atoms with Crippen molar-refractivity contribution in [2.75, 3.05) is 53.4 Å². The van der Waals surface area contributed by atoms with E-state index >= 15 is 0 Å². The lowest BCUT2D eigenvalue weighted by atomic mass is 9.96. The second kappa shape index (κ2) is 9.34. The summed E-state index contributed by atoms with van der Waals surface area (Å²) < 4.78 is 17.9. The van der Waals surface area contributed by atoms with Gasteiger partial charge in [0.15, 0.2) is 0 Å². The van der Waals surface area contributed by atoms with Gasteiger partial charge in [-0.15, -0.1) is 0 Å². The van der Waals surface area contributed by atoms with E-state index in [1.54, 1.807) is 32.0 Å². The van der Waals surface area contributed by atoms with E-state index < -0.39 is 0 Å². The number of benzene rings is 1. The molecule has 0 unspecified atom stereocenters. The lowest BCUT2D eigenvalue weighted by molar-refractivity contribution is -0.151. The third-order valence-corrected chi connectivity index (χ3v) is 6.30. The van der Waals surface area contributed by atoms with Crippen molar-refractivity contribution in [1.29, 1.82) is 0 Å². The first-order chi connectivity index (χ1) is 16.3. The second-order valence-corrected chi connectivity index (χ2v) is 8.71. The number of ether oxygens (including phenoxy) is 3. The van der Waals surface area contributed by atoms with Crippen LogP contribution in [0.15, 0.2) is 35.4 Å². The predicted octanol–water partition coefficient (Wildman–Crippen LogP) is 2.29. The molecule has 1 aromatic carbocycles. The number of rotatable bonds is 7. The summed E-state index contributed by atoms with van der Waals surface area (Å²) in [7, 11) is 10.2. The maximum Gasteiger partial charge on any atom is 0.311 e. The molecule has 0 spiro atoms. The minimum absolute atomic E-state index is 0.0993. The second-order valence-electron chi connectivity index (χ2n) is 8.71. The first-order valence-corrected chi connectivity index (χ1v) is 11.0. The summed E-state index contributed by atoms with van der Waals surface area (Å²) in [5.74, 6) is 1.84. The Morgan fingerprint density at radius 1 is 1.09 bits per heavy atom. The van der Waals surface area contributed by atoms with Crippen LogP contribution in [0.1, 0.15) is 5.56 Å². The number of pyridine rings is 2. The Balaban J connectivity index is 1.79. The van der Waals surface area contributed by atoms with Gasteiger partial charge in [-0.3, -0.25) is 14.5 Å². The van der Waals surface area contributed by atoms with Crippen molar-refractivity contribution in [1.82, 2.24) is 14.5 Å². The fourth-order valence-corrected chi connectivity index (χ4v) is 4.36. The molecule has 1 saturated heterocycles. The molecule has 9 nitrogen and oxygen atoms in total. The zero-order valence-electron chi connectivity index (χ0n) is 20.4. The van der Waals surface area contributed by atoms with Crippen molar-refractivity contribution in [3.63, 3.8) is 0 Å². The number of hydrogen-bond donors (Lipinski definition) is 0. The number of aryl methyl sites for hydroxylation is 1. The Bertz CT molecular complexity index is 1270. The van der Waals surface area contributed by atoms with Gasteiger partial charge in [-0.25, -0.2) is 4.98 Å². The molecule has 1 fully saturated rings. The fourth-order valence-electron chi connectivity index (χ4n) is 4.36. The van der Waals surface area contributed by atoms with Crippen molar-refractivity contribution in [3.05, 3.63) is 46.5 Å². The van der Waals surface area contributed by atoms with Crippen LogP contribution in [0.5, 0.6) is 11.5 Å². The van der Waals surface area contributed by atoms with E-state index in [1.807, 2.05) is 43.4 Å². The minimum atomic E-state index is -0.182. The van der Waals surface area contributed by atoms with E-state index in [-0.39, 0.29) is 17.4 Å². The highest BCUT2D eigenvalue weighted by Crippen LogP contribution is 2.39. The van der Waals surface area contributed by atoms with Crippen molar-refractivity contribution >= 4 is 22.6 Å². The van der Waals surface area contributed by atoms with Crippen LogP contribution >= 0.6 is 0 Å². The van der Waals surface area contributed by atoms with Gasteiger partial charge >= 0.3 is 5.97 Å². The molecule has 1 aliphatic rings.